The fourth-order valence-corrected chi connectivity index (χ4v) is 2.83. The van der Waals surface area contributed by atoms with Gasteiger partial charge >= 0.3 is 0 Å². The molecule has 0 spiro atoms. The van der Waals surface area contributed by atoms with Gasteiger partial charge in [0.1, 0.15) is 0 Å². The molecule has 3 N–H and O–H groups in total. The molecule has 2 aromatic rings. The summed E-state index contributed by atoms with van der Waals surface area (Å²) in [6.45, 7) is 0.828. The van der Waals surface area contributed by atoms with Gasteiger partial charge in [-0.2, -0.15) is 0 Å². The highest BCUT2D eigenvalue weighted by Crippen LogP contribution is 2.30. The molecular weight excluding hydrogens is 258 g/mol. The van der Waals surface area contributed by atoms with Crippen molar-refractivity contribution in [2.75, 3.05) is 19.0 Å². The molecule has 5 heteroatoms. The summed E-state index contributed by atoms with van der Waals surface area (Å²) in [6, 6.07) is 6.11. The normalized spacial score (nSPS) is 10.8. The van der Waals surface area contributed by atoms with Crippen molar-refractivity contribution in [2.24, 2.45) is 0 Å². The fraction of sp³-hybridized carbons (Fsp3) is 0.357. The first kappa shape index (κ1) is 13.8. The van der Waals surface area contributed by atoms with Crippen LogP contribution in [0.4, 0.5) is 5.69 Å². The van der Waals surface area contributed by atoms with Gasteiger partial charge in [-0.3, -0.25) is 4.79 Å². The van der Waals surface area contributed by atoms with Crippen LogP contribution in [0.5, 0.6) is 0 Å². The molecule has 19 heavy (non-hydrogen) atoms. The predicted octanol–water partition coefficient (Wildman–Crippen LogP) is 2.47. The van der Waals surface area contributed by atoms with E-state index in [1.54, 1.807) is 18.8 Å². The summed E-state index contributed by atoms with van der Waals surface area (Å²) in [6.07, 6.45) is 5.49. The number of carbonyl (C=O) groups excluding carboxylic acids is 1. The van der Waals surface area contributed by atoms with Crippen molar-refractivity contribution in [1.82, 2.24) is 9.88 Å². The van der Waals surface area contributed by atoms with Gasteiger partial charge < -0.3 is 15.6 Å². The van der Waals surface area contributed by atoms with Gasteiger partial charge in [0.25, 0.3) is 0 Å². The Bertz CT molecular complexity index is 592. The Kier molecular flexibility index (Phi) is 4.37. The van der Waals surface area contributed by atoms with Crippen molar-refractivity contribution >= 4 is 34.3 Å². The van der Waals surface area contributed by atoms with E-state index in [-0.39, 0.29) is 5.91 Å². The molecule has 0 unspecified atom stereocenters. The summed E-state index contributed by atoms with van der Waals surface area (Å²) in [5.41, 5.74) is 7.86. The molecule has 1 aromatic heterocycles. The van der Waals surface area contributed by atoms with Crippen LogP contribution in [0.3, 0.4) is 0 Å². The third-order valence-electron chi connectivity index (χ3n) is 3.17. The molecule has 0 aliphatic heterocycles. The number of rotatable bonds is 5. The minimum atomic E-state index is 0.0841. The number of nitrogens with one attached hydrogen (secondary N) is 1. The molecule has 1 aromatic carbocycles. The molecule has 0 saturated heterocycles. The van der Waals surface area contributed by atoms with Gasteiger partial charge in [-0.05, 0) is 30.9 Å². The number of aryl methyl sites for hydroxylation is 1. The van der Waals surface area contributed by atoms with Crippen molar-refractivity contribution < 1.29 is 4.79 Å². The van der Waals surface area contributed by atoms with Gasteiger partial charge in [-0.1, -0.05) is 0 Å². The number of carbonyl (C=O) groups is 1. The predicted molar refractivity (Wildman–Crippen MR) is 81.4 cm³/mol. The van der Waals surface area contributed by atoms with Crippen molar-refractivity contribution in [3.05, 3.63) is 24.4 Å². The average molecular weight is 277 g/mol. The number of benzene rings is 1. The van der Waals surface area contributed by atoms with Crippen molar-refractivity contribution in [1.29, 1.82) is 0 Å². The van der Waals surface area contributed by atoms with E-state index in [2.05, 4.69) is 28.4 Å². The number of fused-ring (bicyclic) bond motifs is 1. The van der Waals surface area contributed by atoms with Crippen molar-refractivity contribution in [2.45, 2.75) is 24.3 Å². The topological polar surface area (TPSA) is 60.0 Å². The molecule has 1 amide bonds. The van der Waals surface area contributed by atoms with Crippen LogP contribution in [0.25, 0.3) is 10.9 Å². The highest BCUT2D eigenvalue weighted by molar-refractivity contribution is 7.98. The molecule has 0 bridgehead atoms. The molecule has 0 aliphatic carbocycles. The number of aromatic nitrogens is 1. The van der Waals surface area contributed by atoms with E-state index in [1.165, 1.54) is 10.3 Å². The lowest BCUT2D eigenvalue weighted by Gasteiger charge is -2.07. The van der Waals surface area contributed by atoms with Crippen LogP contribution < -0.4 is 11.1 Å². The van der Waals surface area contributed by atoms with Crippen molar-refractivity contribution in [3.63, 3.8) is 0 Å². The van der Waals surface area contributed by atoms with E-state index >= 15 is 0 Å². The largest absolute Gasteiger partial charge is 0.399 e. The molecular formula is C14H19N3OS. The standard InChI is InChI=1S/C14H19N3OS/c1-16-14(18)4-3-6-17-7-5-11-12(17)8-10(15)9-13(11)19-2/h5,7-9H,3-4,6,15H2,1-2H3,(H,16,18). The SMILES string of the molecule is CNC(=O)CCCn1ccc2c(SC)cc(N)cc21. The molecule has 2 rings (SSSR count). The van der Waals surface area contributed by atoms with Gasteiger partial charge in [-0.25, -0.2) is 0 Å². The molecule has 4 nitrogen and oxygen atoms in total. The van der Waals surface area contributed by atoms with E-state index in [9.17, 15) is 4.79 Å². The second kappa shape index (κ2) is 6.02. The zero-order valence-corrected chi connectivity index (χ0v) is 12.1. The van der Waals surface area contributed by atoms with Crippen LogP contribution >= 0.6 is 11.8 Å². The maximum absolute atomic E-state index is 11.2. The zero-order valence-electron chi connectivity index (χ0n) is 11.3. The fourth-order valence-electron chi connectivity index (χ4n) is 2.18. The quantitative estimate of drug-likeness (QED) is 0.652. The summed E-state index contributed by atoms with van der Waals surface area (Å²) in [4.78, 5) is 12.4. The van der Waals surface area contributed by atoms with Crippen LogP contribution in [0.15, 0.2) is 29.3 Å². The van der Waals surface area contributed by atoms with Gasteiger partial charge in [0.05, 0.1) is 5.52 Å². The van der Waals surface area contributed by atoms with Crippen LogP contribution in [0.2, 0.25) is 0 Å². The molecule has 0 aliphatic rings. The Morgan fingerprint density at radius 2 is 2.26 bits per heavy atom. The lowest BCUT2D eigenvalue weighted by molar-refractivity contribution is -0.120. The zero-order chi connectivity index (χ0) is 13.8. The van der Waals surface area contributed by atoms with E-state index in [4.69, 9.17) is 5.73 Å². The van der Waals surface area contributed by atoms with Gasteiger partial charge in [0.2, 0.25) is 5.91 Å². The number of amides is 1. The highest BCUT2D eigenvalue weighted by Gasteiger charge is 2.07. The minimum Gasteiger partial charge on any atom is -0.399 e. The Morgan fingerprint density at radius 1 is 1.47 bits per heavy atom. The highest BCUT2D eigenvalue weighted by atomic mass is 32.2. The first-order valence-electron chi connectivity index (χ1n) is 6.28. The summed E-state index contributed by atoms with van der Waals surface area (Å²) in [5, 5.41) is 3.86. The first-order chi connectivity index (χ1) is 9.15. The monoisotopic (exact) mass is 277 g/mol. The number of nitrogens with two attached hydrogens (primary N) is 1. The third kappa shape index (κ3) is 3.04. The number of hydrogen-bond donors (Lipinski definition) is 2. The van der Waals surface area contributed by atoms with Crippen molar-refractivity contribution in [3.8, 4) is 0 Å². The Balaban J connectivity index is 2.20. The Morgan fingerprint density at radius 3 is 2.95 bits per heavy atom. The van der Waals surface area contributed by atoms with E-state index in [0.717, 1.165) is 24.2 Å². The second-order valence-corrected chi connectivity index (χ2v) is 5.29. The van der Waals surface area contributed by atoms with E-state index in [1.807, 2.05) is 12.1 Å². The summed E-state index contributed by atoms with van der Waals surface area (Å²) < 4.78 is 2.16. The second-order valence-electron chi connectivity index (χ2n) is 4.44. The van der Waals surface area contributed by atoms with E-state index < -0.39 is 0 Å². The van der Waals surface area contributed by atoms with Gasteiger partial charge in [0.15, 0.2) is 0 Å². The van der Waals surface area contributed by atoms with Crippen LogP contribution in [0.1, 0.15) is 12.8 Å². The number of thioether (sulfide) groups is 1. The molecule has 0 atom stereocenters. The molecule has 1 heterocycles. The lowest BCUT2D eigenvalue weighted by Crippen LogP contribution is -2.17. The summed E-state index contributed by atoms with van der Waals surface area (Å²) in [7, 11) is 1.67. The molecule has 0 fully saturated rings. The molecule has 0 saturated carbocycles. The molecule has 102 valence electrons. The van der Waals surface area contributed by atoms with Gasteiger partial charge in [-0.15, -0.1) is 11.8 Å². The maximum Gasteiger partial charge on any atom is 0.219 e. The summed E-state index contributed by atoms with van der Waals surface area (Å²) in [5.74, 6) is 0.0841. The van der Waals surface area contributed by atoms with E-state index in [0.29, 0.717) is 6.42 Å². The Labute approximate surface area is 117 Å². The summed E-state index contributed by atoms with van der Waals surface area (Å²) >= 11 is 1.70. The van der Waals surface area contributed by atoms with Crippen LogP contribution in [-0.2, 0) is 11.3 Å². The van der Waals surface area contributed by atoms with Crippen LogP contribution in [0, 0.1) is 0 Å². The number of anilines is 1. The smallest absolute Gasteiger partial charge is 0.219 e. The lowest BCUT2D eigenvalue weighted by atomic mass is 10.2. The van der Waals surface area contributed by atoms with Crippen LogP contribution in [-0.4, -0.2) is 23.8 Å². The Hall–Kier alpha value is -1.62. The first-order valence-corrected chi connectivity index (χ1v) is 7.51. The number of hydrogen-bond acceptors (Lipinski definition) is 3. The van der Waals surface area contributed by atoms with Gasteiger partial charge in [0, 0.05) is 42.2 Å². The molecule has 0 radical (unpaired) electrons. The third-order valence-corrected chi connectivity index (χ3v) is 3.95. The average Bonchev–Trinajstić information content (AvgIpc) is 2.80. The number of nitrogen functional groups attached to an aromatic ring is 1. The maximum atomic E-state index is 11.2. The minimum absolute atomic E-state index is 0.0841. The number of nitrogens with zero attached hydrogens (tertiary/aromatic N) is 1.